The average molecular weight is 318 g/mol. The topological polar surface area (TPSA) is 38.1 Å². The van der Waals surface area contributed by atoms with Crippen molar-refractivity contribution in [2.24, 2.45) is 5.92 Å². The van der Waals surface area contributed by atoms with E-state index in [0.717, 1.165) is 18.0 Å². The van der Waals surface area contributed by atoms with Crippen LogP contribution in [0.4, 0.5) is 5.82 Å². The second-order valence-electron chi connectivity index (χ2n) is 6.76. The maximum Gasteiger partial charge on any atom is 0.126 e. The molecule has 122 valence electrons. The van der Waals surface area contributed by atoms with Crippen molar-refractivity contribution < 1.29 is 4.42 Å². The highest BCUT2D eigenvalue weighted by Gasteiger charge is 2.37. The summed E-state index contributed by atoms with van der Waals surface area (Å²) < 4.78 is 5.78. The van der Waals surface area contributed by atoms with Gasteiger partial charge in [-0.1, -0.05) is 31.2 Å². The third-order valence-corrected chi connectivity index (χ3v) is 5.00. The van der Waals surface area contributed by atoms with Crippen molar-refractivity contribution in [1.29, 1.82) is 0 Å². The predicted octanol–water partition coefficient (Wildman–Crippen LogP) is 5.11. The van der Waals surface area contributed by atoms with Crippen LogP contribution in [0.15, 0.2) is 65.4 Å². The molecule has 0 spiro atoms. The van der Waals surface area contributed by atoms with Gasteiger partial charge in [0.1, 0.15) is 11.6 Å². The van der Waals surface area contributed by atoms with E-state index in [1.165, 1.54) is 16.7 Å². The summed E-state index contributed by atoms with van der Waals surface area (Å²) in [6.45, 7) is 4.41. The van der Waals surface area contributed by atoms with Crippen LogP contribution in [0.3, 0.4) is 0 Å². The molecular weight excluding hydrogens is 296 g/mol. The van der Waals surface area contributed by atoms with Crippen LogP contribution in [0.1, 0.15) is 41.3 Å². The fourth-order valence-corrected chi connectivity index (χ4v) is 3.91. The van der Waals surface area contributed by atoms with Gasteiger partial charge in [0.25, 0.3) is 0 Å². The third-order valence-electron chi connectivity index (χ3n) is 5.00. The number of aromatic nitrogens is 1. The largest absolute Gasteiger partial charge is 0.467 e. The monoisotopic (exact) mass is 318 g/mol. The quantitative estimate of drug-likeness (QED) is 0.726. The lowest BCUT2D eigenvalue weighted by molar-refractivity contribution is 0.387. The molecule has 3 nitrogen and oxygen atoms in total. The van der Waals surface area contributed by atoms with E-state index >= 15 is 0 Å². The molecule has 24 heavy (non-hydrogen) atoms. The first-order valence-electron chi connectivity index (χ1n) is 8.53. The Labute approximate surface area is 142 Å². The molecule has 2 heterocycles. The first-order valence-corrected chi connectivity index (χ1v) is 8.53. The van der Waals surface area contributed by atoms with Crippen LogP contribution in [-0.4, -0.2) is 4.98 Å². The van der Waals surface area contributed by atoms with Crippen LogP contribution in [-0.2, 0) is 6.42 Å². The fraction of sp³-hybridized carbons (Fsp3) is 0.286. The Balaban J connectivity index is 1.74. The molecule has 1 aliphatic rings. The minimum Gasteiger partial charge on any atom is -0.467 e. The highest BCUT2D eigenvalue weighted by Crippen LogP contribution is 2.46. The lowest BCUT2D eigenvalue weighted by Gasteiger charge is -2.28. The van der Waals surface area contributed by atoms with E-state index in [-0.39, 0.29) is 6.04 Å². The van der Waals surface area contributed by atoms with Crippen LogP contribution >= 0.6 is 0 Å². The smallest absolute Gasteiger partial charge is 0.126 e. The van der Waals surface area contributed by atoms with E-state index in [0.29, 0.717) is 11.8 Å². The molecule has 0 aliphatic heterocycles. The molecule has 0 radical (unpaired) electrons. The van der Waals surface area contributed by atoms with Crippen LogP contribution in [0, 0.1) is 12.8 Å². The summed E-state index contributed by atoms with van der Waals surface area (Å²) >= 11 is 0. The molecule has 0 amide bonds. The molecule has 3 heteroatoms. The van der Waals surface area contributed by atoms with Gasteiger partial charge in [-0.25, -0.2) is 4.98 Å². The molecule has 1 N–H and O–H groups in total. The number of hydrogen-bond acceptors (Lipinski definition) is 3. The molecule has 1 aliphatic carbocycles. The number of pyridine rings is 1. The Morgan fingerprint density at radius 3 is 2.83 bits per heavy atom. The summed E-state index contributed by atoms with van der Waals surface area (Å²) in [5.41, 5.74) is 4.07. The fourth-order valence-electron chi connectivity index (χ4n) is 3.91. The zero-order chi connectivity index (χ0) is 16.5. The summed E-state index contributed by atoms with van der Waals surface area (Å²) in [6, 6.07) is 17.0. The normalized spacial score (nSPS) is 20.6. The minimum absolute atomic E-state index is 0.0768. The molecule has 3 unspecified atom stereocenters. The van der Waals surface area contributed by atoms with Gasteiger partial charge in [-0.05, 0) is 60.2 Å². The number of rotatable bonds is 4. The standard InChI is InChI=1S/C21H22N2O/c1-14-9-10-22-19(12-14)23-21(18-8-5-11-24-18)20-15(2)13-16-6-3-4-7-17(16)20/h3-12,15,20-21H,13H2,1-2H3,(H,22,23). The van der Waals surface area contributed by atoms with Gasteiger partial charge in [0.2, 0.25) is 0 Å². The lowest BCUT2D eigenvalue weighted by Crippen LogP contribution is -2.22. The zero-order valence-corrected chi connectivity index (χ0v) is 14.1. The van der Waals surface area contributed by atoms with E-state index in [4.69, 9.17) is 4.42 Å². The molecule has 1 aromatic carbocycles. The Bertz CT molecular complexity index is 825. The number of anilines is 1. The van der Waals surface area contributed by atoms with Crippen molar-refractivity contribution in [1.82, 2.24) is 4.98 Å². The zero-order valence-electron chi connectivity index (χ0n) is 14.1. The minimum atomic E-state index is 0.0768. The summed E-state index contributed by atoms with van der Waals surface area (Å²) in [6.07, 6.45) is 4.71. The van der Waals surface area contributed by atoms with E-state index in [1.54, 1.807) is 6.26 Å². The molecule has 0 bridgehead atoms. The number of furan rings is 1. The van der Waals surface area contributed by atoms with Gasteiger partial charge in [0.05, 0.1) is 12.3 Å². The Morgan fingerprint density at radius 1 is 1.17 bits per heavy atom. The average Bonchev–Trinajstić information content (AvgIpc) is 3.20. The van der Waals surface area contributed by atoms with E-state index in [1.807, 2.05) is 18.3 Å². The number of nitrogens with zero attached hydrogens (tertiary/aromatic N) is 1. The summed E-state index contributed by atoms with van der Waals surface area (Å²) in [5.74, 6) is 2.78. The van der Waals surface area contributed by atoms with E-state index in [9.17, 15) is 0 Å². The van der Waals surface area contributed by atoms with Crippen LogP contribution in [0.2, 0.25) is 0 Å². The first-order chi connectivity index (χ1) is 11.7. The van der Waals surface area contributed by atoms with Crippen LogP contribution < -0.4 is 5.32 Å². The maximum absolute atomic E-state index is 5.78. The van der Waals surface area contributed by atoms with Gasteiger partial charge in [0, 0.05) is 12.1 Å². The molecular formula is C21H22N2O. The predicted molar refractivity (Wildman–Crippen MR) is 96.1 cm³/mol. The van der Waals surface area contributed by atoms with E-state index < -0.39 is 0 Å². The number of aryl methyl sites for hydroxylation is 1. The SMILES string of the molecule is Cc1ccnc(NC(c2ccco2)C2c3ccccc3CC2C)c1. The molecule has 0 fully saturated rings. The number of fused-ring (bicyclic) bond motifs is 1. The van der Waals surface area contributed by atoms with Gasteiger partial charge in [-0.15, -0.1) is 0 Å². The van der Waals surface area contributed by atoms with Gasteiger partial charge in [-0.2, -0.15) is 0 Å². The third kappa shape index (κ3) is 2.71. The number of benzene rings is 1. The number of nitrogens with one attached hydrogen (secondary N) is 1. The van der Waals surface area contributed by atoms with Crippen LogP contribution in [0.5, 0.6) is 0 Å². The maximum atomic E-state index is 5.78. The highest BCUT2D eigenvalue weighted by atomic mass is 16.3. The van der Waals surface area contributed by atoms with Crippen molar-refractivity contribution in [3.05, 3.63) is 83.4 Å². The van der Waals surface area contributed by atoms with Gasteiger partial charge < -0.3 is 9.73 Å². The summed E-state index contributed by atoms with van der Waals surface area (Å²) in [5, 5.41) is 3.63. The van der Waals surface area contributed by atoms with Gasteiger partial charge in [0.15, 0.2) is 0 Å². The second-order valence-corrected chi connectivity index (χ2v) is 6.76. The molecule has 0 saturated heterocycles. The molecule has 0 saturated carbocycles. The van der Waals surface area contributed by atoms with Crippen LogP contribution in [0.25, 0.3) is 0 Å². The highest BCUT2D eigenvalue weighted by molar-refractivity contribution is 5.44. The molecule has 2 aromatic heterocycles. The van der Waals surface area contributed by atoms with Gasteiger partial charge >= 0.3 is 0 Å². The second kappa shape index (κ2) is 6.16. The molecule has 3 atom stereocenters. The Hall–Kier alpha value is -2.55. The number of hydrogen-bond donors (Lipinski definition) is 1. The molecule has 4 rings (SSSR count). The van der Waals surface area contributed by atoms with Gasteiger partial charge in [-0.3, -0.25) is 0 Å². The first kappa shape index (κ1) is 15.0. The summed E-state index contributed by atoms with van der Waals surface area (Å²) in [7, 11) is 0. The van der Waals surface area contributed by atoms with Crippen molar-refractivity contribution in [2.75, 3.05) is 5.32 Å². The van der Waals surface area contributed by atoms with Crippen molar-refractivity contribution >= 4 is 5.82 Å². The Morgan fingerprint density at radius 2 is 2.04 bits per heavy atom. The Kier molecular flexibility index (Phi) is 3.85. The van der Waals surface area contributed by atoms with E-state index in [2.05, 4.69) is 60.5 Å². The van der Waals surface area contributed by atoms with Crippen molar-refractivity contribution in [2.45, 2.75) is 32.2 Å². The molecule has 3 aromatic rings. The lowest BCUT2D eigenvalue weighted by atomic mass is 9.85. The van der Waals surface area contributed by atoms with Crippen molar-refractivity contribution in [3.63, 3.8) is 0 Å². The van der Waals surface area contributed by atoms with Crippen molar-refractivity contribution in [3.8, 4) is 0 Å². The summed E-state index contributed by atoms with van der Waals surface area (Å²) in [4.78, 5) is 4.49.